The lowest BCUT2D eigenvalue weighted by molar-refractivity contribution is -0.0131. The zero-order valence-electron chi connectivity index (χ0n) is 32.0. The first-order chi connectivity index (χ1) is 26.8. The van der Waals surface area contributed by atoms with Gasteiger partial charge in [-0.15, -0.1) is 0 Å². The molecule has 0 aliphatic heterocycles. The maximum absolute atomic E-state index is 9.77. The fraction of sp³-hybridized carbons (Fsp3) is 0.265. The standard InChI is InChI=1S/C49H50O6/c1-33(50)29-52-35(3)31-54-47-25-23-39(27-43(47)37-15-7-5-8-16-37)49(45-21-13-11-19-41(45)42-20-12-14-22-46(42)49)40-24-26-48(55-32-36(4)53-30-34(2)51)44(28-40)38-17-9-6-10-18-38/h5-28,33-36,50-51H,29-32H2,1-4H3. The number of aliphatic hydroxyl groups is 2. The Labute approximate surface area is 324 Å². The van der Waals surface area contributed by atoms with E-state index >= 15 is 0 Å². The van der Waals surface area contributed by atoms with Crippen LogP contribution in [-0.2, 0) is 14.9 Å². The van der Waals surface area contributed by atoms with Crippen LogP contribution in [0.25, 0.3) is 33.4 Å². The fourth-order valence-electron chi connectivity index (χ4n) is 7.61. The summed E-state index contributed by atoms with van der Waals surface area (Å²) in [6, 6.07) is 51.4. The summed E-state index contributed by atoms with van der Waals surface area (Å²) in [7, 11) is 0. The number of fused-ring (bicyclic) bond motifs is 3. The highest BCUT2D eigenvalue weighted by Gasteiger charge is 2.46. The molecule has 7 rings (SSSR count). The van der Waals surface area contributed by atoms with Gasteiger partial charge >= 0.3 is 0 Å². The van der Waals surface area contributed by atoms with Crippen molar-refractivity contribution < 1.29 is 29.2 Å². The number of benzene rings is 6. The first-order valence-corrected chi connectivity index (χ1v) is 19.2. The molecule has 0 saturated carbocycles. The molecule has 4 atom stereocenters. The van der Waals surface area contributed by atoms with E-state index in [-0.39, 0.29) is 25.4 Å². The lowest BCUT2D eigenvalue weighted by atomic mass is 9.67. The van der Waals surface area contributed by atoms with E-state index < -0.39 is 17.6 Å². The summed E-state index contributed by atoms with van der Waals surface area (Å²) in [6.07, 6.45) is -1.50. The van der Waals surface area contributed by atoms with Gasteiger partial charge in [-0.3, -0.25) is 0 Å². The average molecular weight is 735 g/mol. The third-order valence-electron chi connectivity index (χ3n) is 10.1. The monoisotopic (exact) mass is 734 g/mol. The van der Waals surface area contributed by atoms with E-state index in [4.69, 9.17) is 18.9 Å². The van der Waals surface area contributed by atoms with Gasteiger partial charge in [-0.2, -0.15) is 0 Å². The Morgan fingerprint density at radius 1 is 0.436 bits per heavy atom. The molecule has 2 N–H and O–H groups in total. The largest absolute Gasteiger partial charge is 0.490 e. The Morgan fingerprint density at radius 3 is 1.22 bits per heavy atom. The van der Waals surface area contributed by atoms with Crippen molar-refractivity contribution in [3.8, 4) is 44.9 Å². The first-order valence-electron chi connectivity index (χ1n) is 19.2. The maximum atomic E-state index is 9.77. The Bertz CT molecular complexity index is 2020. The molecule has 1 aliphatic carbocycles. The van der Waals surface area contributed by atoms with Crippen LogP contribution < -0.4 is 9.47 Å². The smallest absolute Gasteiger partial charge is 0.127 e. The van der Waals surface area contributed by atoms with Gasteiger partial charge < -0.3 is 29.2 Å². The molecule has 55 heavy (non-hydrogen) atoms. The van der Waals surface area contributed by atoms with E-state index in [1.165, 1.54) is 22.3 Å². The number of hydrogen-bond donors (Lipinski definition) is 2. The third kappa shape index (κ3) is 8.10. The van der Waals surface area contributed by atoms with Crippen molar-refractivity contribution in [3.63, 3.8) is 0 Å². The van der Waals surface area contributed by atoms with E-state index in [0.717, 1.165) is 44.9 Å². The molecule has 1 aliphatic rings. The summed E-state index contributed by atoms with van der Waals surface area (Å²) in [5.41, 5.74) is 10.4. The molecule has 4 unspecified atom stereocenters. The van der Waals surface area contributed by atoms with E-state index in [2.05, 4.69) is 133 Å². The van der Waals surface area contributed by atoms with Gasteiger partial charge in [-0.05, 0) is 96.5 Å². The van der Waals surface area contributed by atoms with Crippen LogP contribution in [0.4, 0.5) is 0 Å². The van der Waals surface area contributed by atoms with Crippen molar-refractivity contribution >= 4 is 0 Å². The molecular formula is C49H50O6. The van der Waals surface area contributed by atoms with Crippen molar-refractivity contribution in [3.05, 3.63) is 168 Å². The van der Waals surface area contributed by atoms with Crippen molar-refractivity contribution in [2.45, 2.75) is 57.5 Å². The van der Waals surface area contributed by atoms with Crippen LogP contribution in [-0.4, -0.2) is 61.1 Å². The predicted octanol–water partition coefficient (Wildman–Crippen LogP) is 9.71. The predicted molar refractivity (Wildman–Crippen MR) is 220 cm³/mol. The van der Waals surface area contributed by atoms with E-state index in [1.54, 1.807) is 13.8 Å². The minimum atomic E-state index is -0.682. The first kappa shape index (κ1) is 38.1. The zero-order valence-corrected chi connectivity index (χ0v) is 32.0. The molecule has 0 heterocycles. The highest BCUT2D eigenvalue weighted by molar-refractivity contribution is 5.88. The average Bonchev–Trinajstić information content (AvgIpc) is 3.52. The van der Waals surface area contributed by atoms with Crippen LogP contribution >= 0.6 is 0 Å². The molecular weight excluding hydrogens is 685 g/mol. The lowest BCUT2D eigenvalue weighted by Gasteiger charge is -2.35. The molecule has 0 amide bonds. The Hall–Kier alpha value is -5.24. The van der Waals surface area contributed by atoms with Gasteiger partial charge in [0, 0.05) is 11.1 Å². The second-order valence-electron chi connectivity index (χ2n) is 14.6. The lowest BCUT2D eigenvalue weighted by Crippen LogP contribution is -2.29. The van der Waals surface area contributed by atoms with Gasteiger partial charge in [-0.1, -0.05) is 121 Å². The van der Waals surface area contributed by atoms with E-state index in [9.17, 15) is 10.2 Å². The summed E-state index contributed by atoms with van der Waals surface area (Å²) >= 11 is 0. The molecule has 282 valence electrons. The number of ether oxygens (including phenoxy) is 4. The molecule has 6 aromatic rings. The van der Waals surface area contributed by atoms with Crippen LogP contribution in [0, 0.1) is 0 Å². The normalized spacial score (nSPS) is 15.0. The Kier molecular flexibility index (Phi) is 11.8. The number of aliphatic hydroxyl groups excluding tert-OH is 2. The van der Waals surface area contributed by atoms with Crippen molar-refractivity contribution in [2.24, 2.45) is 0 Å². The van der Waals surface area contributed by atoms with Gasteiger partial charge in [0.05, 0.1) is 43.0 Å². The molecule has 0 saturated heterocycles. The SMILES string of the molecule is CC(O)COC(C)COc1ccc(C2(c3ccc(OCC(C)OCC(C)O)c(-c4ccccc4)c3)c3ccccc3-c3ccccc32)cc1-c1ccccc1. The van der Waals surface area contributed by atoms with Crippen LogP contribution in [0.5, 0.6) is 11.5 Å². The summed E-state index contributed by atoms with van der Waals surface area (Å²) in [5.74, 6) is 1.52. The zero-order chi connectivity index (χ0) is 38.4. The molecule has 0 spiro atoms. The minimum absolute atomic E-state index is 0.206. The molecule has 0 radical (unpaired) electrons. The number of rotatable bonds is 16. The molecule has 6 aromatic carbocycles. The quantitative estimate of drug-likeness (QED) is 0.103. The van der Waals surface area contributed by atoms with Crippen molar-refractivity contribution in [1.29, 1.82) is 0 Å². The Balaban J connectivity index is 1.41. The second kappa shape index (κ2) is 17.1. The van der Waals surface area contributed by atoms with Gasteiger partial charge in [0.2, 0.25) is 0 Å². The van der Waals surface area contributed by atoms with Crippen molar-refractivity contribution in [2.75, 3.05) is 26.4 Å². The highest BCUT2D eigenvalue weighted by Crippen LogP contribution is 2.57. The molecule has 6 nitrogen and oxygen atoms in total. The van der Waals surface area contributed by atoms with Gasteiger partial charge in [0.15, 0.2) is 0 Å². The summed E-state index contributed by atoms with van der Waals surface area (Å²) < 4.78 is 24.7. The van der Waals surface area contributed by atoms with Crippen LogP contribution in [0.1, 0.15) is 49.9 Å². The van der Waals surface area contributed by atoms with Gasteiger partial charge in [0.1, 0.15) is 24.7 Å². The van der Waals surface area contributed by atoms with E-state index in [1.807, 2.05) is 26.0 Å². The minimum Gasteiger partial charge on any atom is -0.490 e. The molecule has 6 heteroatoms. The third-order valence-corrected chi connectivity index (χ3v) is 10.1. The Morgan fingerprint density at radius 2 is 0.818 bits per heavy atom. The van der Waals surface area contributed by atoms with Crippen LogP contribution in [0.3, 0.4) is 0 Å². The molecule has 0 fully saturated rings. The van der Waals surface area contributed by atoms with Crippen LogP contribution in [0.15, 0.2) is 146 Å². The maximum Gasteiger partial charge on any atom is 0.127 e. The van der Waals surface area contributed by atoms with Crippen molar-refractivity contribution in [1.82, 2.24) is 0 Å². The van der Waals surface area contributed by atoms with Gasteiger partial charge in [0.25, 0.3) is 0 Å². The highest BCUT2D eigenvalue weighted by atomic mass is 16.5. The van der Waals surface area contributed by atoms with Gasteiger partial charge in [-0.25, -0.2) is 0 Å². The summed E-state index contributed by atoms with van der Waals surface area (Å²) in [6.45, 7) is 8.54. The second-order valence-corrected chi connectivity index (χ2v) is 14.6. The number of hydrogen-bond acceptors (Lipinski definition) is 6. The molecule has 0 aromatic heterocycles. The topological polar surface area (TPSA) is 77.4 Å². The van der Waals surface area contributed by atoms with Crippen LogP contribution in [0.2, 0.25) is 0 Å². The fourth-order valence-corrected chi connectivity index (χ4v) is 7.61. The van der Waals surface area contributed by atoms with E-state index in [0.29, 0.717) is 13.2 Å². The molecule has 0 bridgehead atoms. The summed E-state index contributed by atoms with van der Waals surface area (Å²) in [5, 5.41) is 19.5. The summed E-state index contributed by atoms with van der Waals surface area (Å²) in [4.78, 5) is 0.